The molecule has 1 aromatic heterocycles. The van der Waals surface area contributed by atoms with Gasteiger partial charge in [0.1, 0.15) is 0 Å². The molecule has 4 heteroatoms. The smallest absolute Gasteiger partial charge is 0.0613 e. The molecule has 3 aromatic carbocycles. The van der Waals surface area contributed by atoms with Crippen LogP contribution in [0.4, 0.5) is 0 Å². The van der Waals surface area contributed by atoms with Crippen LogP contribution in [-0.4, -0.2) is 27.4 Å². The van der Waals surface area contributed by atoms with Gasteiger partial charge in [0.05, 0.1) is 12.2 Å². The zero-order valence-electron chi connectivity index (χ0n) is 27.9. The molecule has 4 aromatic rings. The second-order valence-corrected chi connectivity index (χ2v) is 15.7. The van der Waals surface area contributed by atoms with E-state index in [0.29, 0.717) is 6.42 Å². The summed E-state index contributed by atoms with van der Waals surface area (Å²) in [6, 6.07) is 25.5. The Morgan fingerprint density at radius 2 is 1.40 bits per heavy atom. The molecular weight excluding hydrogens is 707 g/mol. The Balaban J connectivity index is 0.000000310. The molecule has 3 nitrogen and oxygen atoms in total. The molecule has 0 spiro atoms. The van der Waals surface area contributed by atoms with E-state index in [1.807, 2.05) is 59.9 Å². The van der Waals surface area contributed by atoms with Crippen molar-refractivity contribution in [3.8, 4) is 22.4 Å². The van der Waals surface area contributed by atoms with Crippen molar-refractivity contribution in [3.05, 3.63) is 89.6 Å². The van der Waals surface area contributed by atoms with Gasteiger partial charge in [-0.05, 0) is 55.3 Å². The van der Waals surface area contributed by atoms with Crippen molar-refractivity contribution in [2.24, 2.45) is 10.8 Å². The molecule has 0 fully saturated rings. The van der Waals surface area contributed by atoms with Crippen LogP contribution in [0.1, 0.15) is 99.3 Å². The quantitative estimate of drug-likeness (QED) is 0.205. The number of aliphatic hydroxyl groups excluding tert-OH is 2. The van der Waals surface area contributed by atoms with Gasteiger partial charge in [-0.3, -0.25) is 0 Å². The Labute approximate surface area is 273 Å². The van der Waals surface area contributed by atoms with Crippen LogP contribution in [0.3, 0.4) is 0 Å². The minimum absolute atomic E-state index is 0. The normalized spacial score (nSPS) is 15.5. The summed E-state index contributed by atoms with van der Waals surface area (Å²) >= 11 is 0. The first-order chi connectivity index (χ1) is 19.3. The fourth-order valence-corrected chi connectivity index (χ4v) is 5.64. The molecule has 0 saturated heterocycles. The molecule has 1 aliphatic carbocycles. The first kappa shape index (κ1) is 35.1. The van der Waals surface area contributed by atoms with Crippen LogP contribution >= 0.6 is 0 Å². The fraction of sp³-hybridized carbons (Fsp3) is 0.462. The standard InChI is InChI=1S/C28H26N.C11H24O2.Ir/c1-27(2,3)20-12-9-18-10-14-22-21-13-11-19(25-8-6-7-15-29-25)16-24(21)28(4,5)26(22)23(18)17-20;1-10(2,3)8(12)7-9(13)11(4,5)6;/h6-10,12-17H,1-5H3;8-9,12-13H,7H2,1-6H3;/q-1;;. The molecule has 1 radical (unpaired) electrons. The van der Waals surface area contributed by atoms with Gasteiger partial charge in [0.2, 0.25) is 0 Å². The summed E-state index contributed by atoms with van der Waals surface area (Å²) < 4.78 is 0. The van der Waals surface area contributed by atoms with Gasteiger partial charge in [-0.2, -0.15) is 0 Å². The van der Waals surface area contributed by atoms with Crippen LogP contribution in [0.2, 0.25) is 0 Å². The Morgan fingerprint density at radius 1 is 0.791 bits per heavy atom. The van der Waals surface area contributed by atoms with Crippen molar-refractivity contribution in [3.63, 3.8) is 0 Å². The average Bonchev–Trinajstić information content (AvgIpc) is 3.14. The van der Waals surface area contributed by atoms with Crippen molar-refractivity contribution in [1.29, 1.82) is 0 Å². The van der Waals surface area contributed by atoms with Gasteiger partial charge < -0.3 is 15.2 Å². The second-order valence-electron chi connectivity index (χ2n) is 15.7. The maximum absolute atomic E-state index is 9.76. The van der Waals surface area contributed by atoms with Gasteiger partial charge >= 0.3 is 0 Å². The van der Waals surface area contributed by atoms with Gasteiger partial charge in [-0.25, -0.2) is 0 Å². The van der Waals surface area contributed by atoms with E-state index in [1.165, 1.54) is 38.6 Å². The van der Waals surface area contributed by atoms with Gasteiger partial charge in [0.25, 0.3) is 0 Å². The first-order valence-corrected chi connectivity index (χ1v) is 15.2. The van der Waals surface area contributed by atoms with Crippen molar-refractivity contribution in [2.75, 3.05) is 0 Å². The van der Waals surface area contributed by atoms with Crippen molar-refractivity contribution in [2.45, 2.75) is 106 Å². The summed E-state index contributed by atoms with van der Waals surface area (Å²) in [5, 5.41) is 22.2. The predicted octanol–water partition coefficient (Wildman–Crippen LogP) is 9.49. The minimum atomic E-state index is -0.443. The predicted molar refractivity (Wildman–Crippen MR) is 178 cm³/mol. The second kappa shape index (κ2) is 12.6. The third-order valence-electron chi connectivity index (χ3n) is 8.81. The van der Waals surface area contributed by atoms with E-state index >= 15 is 0 Å². The van der Waals surface area contributed by atoms with Crippen LogP contribution in [-0.2, 0) is 30.9 Å². The van der Waals surface area contributed by atoms with Gasteiger partial charge in [-0.1, -0.05) is 130 Å². The summed E-state index contributed by atoms with van der Waals surface area (Å²) in [6.45, 7) is 23.4. The van der Waals surface area contributed by atoms with E-state index in [4.69, 9.17) is 0 Å². The zero-order valence-corrected chi connectivity index (χ0v) is 30.3. The largest absolute Gasteiger partial charge is 0.392 e. The average molecular weight is 757 g/mol. The molecule has 43 heavy (non-hydrogen) atoms. The Hall–Kier alpha value is -2.36. The van der Waals surface area contributed by atoms with Crippen molar-refractivity contribution >= 4 is 10.8 Å². The number of fused-ring (bicyclic) bond motifs is 5. The Bertz CT molecular complexity index is 1530. The molecule has 1 aliphatic rings. The number of hydrogen-bond acceptors (Lipinski definition) is 3. The molecule has 2 N–H and O–H groups in total. The van der Waals surface area contributed by atoms with Crippen LogP contribution < -0.4 is 0 Å². The summed E-state index contributed by atoms with van der Waals surface area (Å²) in [4.78, 5) is 4.53. The third-order valence-corrected chi connectivity index (χ3v) is 8.81. The maximum atomic E-state index is 9.76. The Kier molecular flexibility index (Phi) is 10.3. The van der Waals surface area contributed by atoms with Crippen LogP contribution in [0.25, 0.3) is 33.2 Å². The summed E-state index contributed by atoms with van der Waals surface area (Å²) in [5.74, 6) is 0. The number of pyridine rings is 1. The van der Waals surface area contributed by atoms with Crippen molar-refractivity contribution < 1.29 is 30.3 Å². The topological polar surface area (TPSA) is 53.4 Å². The van der Waals surface area contributed by atoms with Crippen LogP contribution in [0.15, 0.2) is 66.9 Å². The Morgan fingerprint density at radius 3 is 1.93 bits per heavy atom. The molecule has 2 unspecified atom stereocenters. The van der Waals surface area contributed by atoms with E-state index in [9.17, 15) is 10.2 Å². The summed E-state index contributed by atoms with van der Waals surface area (Å²) in [7, 11) is 0. The number of aromatic nitrogens is 1. The van der Waals surface area contributed by atoms with E-state index in [2.05, 4.69) is 94.2 Å². The van der Waals surface area contributed by atoms with Gasteiger partial charge in [-0.15, -0.1) is 29.3 Å². The molecule has 0 aliphatic heterocycles. The molecule has 5 rings (SSSR count). The van der Waals surface area contributed by atoms with Gasteiger partial charge in [0.15, 0.2) is 0 Å². The number of hydrogen-bond donors (Lipinski definition) is 2. The molecule has 0 amide bonds. The molecular formula is C39H50IrNO2-. The fourth-order valence-electron chi connectivity index (χ4n) is 5.64. The SMILES string of the molecule is CC(C)(C)C(O)CC(O)C(C)(C)C.CC(C)(C)c1ccc2ccc3c(c2c1)C(C)(C)c1cc(-c2ccccn2)[c-]cc1-3.[Ir]. The van der Waals surface area contributed by atoms with Gasteiger partial charge in [0, 0.05) is 32.7 Å². The van der Waals surface area contributed by atoms with E-state index in [0.717, 1.165) is 11.3 Å². The van der Waals surface area contributed by atoms with E-state index < -0.39 is 12.2 Å². The summed E-state index contributed by atoms with van der Waals surface area (Å²) in [5.41, 5.74) is 8.62. The maximum Gasteiger partial charge on any atom is 0.0613 e. The first-order valence-electron chi connectivity index (χ1n) is 15.2. The number of benzene rings is 3. The zero-order chi connectivity index (χ0) is 31.3. The van der Waals surface area contributed by atoms with Crippen molar-refractivity contribution in [1.82, 2.24) is 4.98 Å². The minimum Gasteiger partial charge on any atom is -0.392 e. The third kappa shape index (κ3) is 7.48. The number of rotatable bonds is 3. The van der Waals surface area contributed by atoms with E-state index in [1.54, 1.807) is 0 Å². The molecule has 2 atom stereocenters. The molecule has 0 saturated carbocycles. The summed E-state index contributed by atoms with van der Waals surface area (Å²) in [6.07, 6.45) is 1.41. The van der Waals surface area contributed by atoms with Crippen LogP contribution in [0.5, 0.6) is 0 Å². The molecule has 1 heterocycles. The molecule has 233 valence electrons. The van der Waals surface area contributed by atoms with E-state index in [-0.39, 0.29) is 41.8 Å². The monoisotopic (exact) mass is 757 g/mol. The van der Waals surface area contributed by atoms with Crippen LogP contribution in [0, 0.1) is 16.9 Å². The number of nitrogens with zero attached hydrogens (tertiary/aromatic N) is 1. The molecule has 0 bridgehead atoms. The number of aliphatic hydroxyl groups is 2.